The van der Waals surface area contributed by atoms with E-state index in [0.29, 0.717) is 0 Å². The zero-order valence-corrected chi connectivity index (χ0v) is 13.9. The van der Waals surface area contributed by atoms with Crippen LogP contribution in [0.5, 0.6) is 0 Å². The van der Waals surface area contributed by atoms with Crippen molar-refractivity contribution >= 4 is 38.6 Å². The minimum atomic E-state index is -0.249. The van der Waals surface area contributed by atoms with Crippen LogP contribution in [-0.4, -0.2) is 9.55 Å². The SMILES string of the molecule is Cc1cc(F)ccc1-n1c(C(C)Cl)nc2ccc(Br)cc21. The van der Waals surface area contributed by atoms with Gasteiger partial charge in [-0.2, -0.15) is 0 Å². The number of halogens is 3. The van der Waals surface area contributed by atoms with Crippen LogP contribution in [0.4, 0.5) is 4.39 Å². The van der Waals surface area contributed by atoms with Crippen molar-refractivity contribution in [2.75, 3.05) is 0 Å². The van der Waals surface area contributed by atoms with E-state index in [-0.39, 0.29) is 11.2 Å². The number of benzene rings is 2. The first-order valence-electron chi connectivity index (χ1n) is 6.56. The normalized spacial score (nSPS) is 12.8. The molecule has 0 N–H and O–H groups in total. The van der Waals surface area contributed by atoms with E-state index < -0.39 is 0 Å². The number of fused-ring (bicyclic) bond motifs is 1. The van der Waals surface area contributed by atoms with Gasteiger partial charge in [0, 0.05) is 4.47 Å². The number of aryl methyl sites for hydroxylation is 1. The van der Waals surface area contributed by atoms with Gasteiger partial charge < -0.3 is 0 Å². The summed E-state index contributed by atoms with van der Waals surface area (Å²) in [5.41, 5.74) is 3.54. The number of hydrogen-bond donors (Lipinski definition) is 0. The van der Waals surface area contributed by atoms with E-state index in [2.05, 4.69) is 20.9 Å². The molecule has 0 saturated carbocycles. The van der Waals surface area contributed by atoms with Crippen molar-refractivity contribution in [1.82, 2.24) is 9.55 Å². The smallest absolute Gasteiger partial charge is 0.132 e. The predicted octanol–water partition coefficient (Wildman–Crippen LogP) is 5.54. The first-order chi connectivity index (χ1) is 9.97. The second kappa shape index (κ2) is 5.43. The molecule has 0 aliphatic carbocycles. The Balaban J connectivity index is 2.38. The first-order valence-corrected chi connectivity index (χ1v) is 7.79. The number of rotatable bonds is 2. The highest BCUT2D eigenvalue weighted by Gasteiger charge is 2.18. The molecular weight excluding hydrogens is 355 g/mol. The quantitative estimate of drug-likeness (QED) is 0.544. The fourth-order valence-corrected chi connectivity index (χ4v) is 2.95. The van der Waals surface area contributed by atoms with Gasteiger partial charge in [0.05, 0.1) is 22.1 Å². The molecule has 0 aliphatic rings. The van der Waals surface area contributed by atoms with Crippen LogP contribution in [-0.2, 0) is 0 Å². The molecule has 0 spiro atoms. The third-order valence-corrected chi connectivity index (χ3v) is 4.09. The van der Waals surface area contributed by atoms with Gasteiger partial charge in [-0.3, -0.25) is 4.57 Å². The van der Waals surface area contributed by atoms with Crippen LogP contribution in [0, 0.1) is 12.7 Å². The largest absolute Gasteiger partial charge is 0.295 e. The molecule has 0 amide bonds. The Hall–Kier alpha value is -1.39. The Kier molecular flexibility index (Phi) is 3.76. The lowest BCUT2D eigenvalue weighted by Gasteiger charge is -2.13. The maximum Gasteiger partial charge on any atom is 0.132 e. The van der Waals surface area contributed by atoms with E-state index in [1.54, 1.807) is 6.07 Å². The van der Waals surface area contributed by atoms with E-state index >= 15 is 0 Å². The summed E-state index contributed by atoms with van der Waals surface area (Å²) in [6.45, 7) is 3.76. The molecule has 5 heteroatoms. The van der Waals surface area contributed by atoms with Crippen LogP contribution in [0.2, 0.25) is 0 Å². The zero-order valence-electron chi connectivity index (χ0n) is 11.6. The minimum Gasteiger partial charge on any atom is -0.295 e. The zero-order chi connectivity index (χ0) is 15.1. The fraction of sp³-hybridized carbons (Fsp3) is 0.188. The molecule has 0 radical (unpaired) electrons. The summed E-state index contributed by atoms with van der Waals surface area (Å²) >= 11 is 9.77. The summed E-state index contributed by atoms with van der Waals surface area (Å²) in [6, 6.07) is 10.6. The van der Waals surface area contributed by atoms with E-state index in [9.17, 15) is 4.39 Å². The Morgan fingerprint density at radius 2 is 2.00 bits per heavy atom. The molecule has 21 heavy (non-hydrogen) atoms. The molecule has 0 fully saturated rings. The minimum absolute atomic E-state index is 0.248. The van der Waals surface area contributed by atoms with Gasteiger partial charge in [0.2, 0.25) is 0 Å². The van der Waals surface area contributed by atoms with E-state index in [1.807, 2.05) is 36.6 Å². The highest BCUT2D eigenvalue weighted by molar-refractivity contribution is 9.10. The van der Waals surface area contributed by atoms with Crippen molar-refractivity contribution in [3.63, 3.8) is 0 Å². The summed E-state index contributed by atoms with van der Waals surface area (Å²) in [6.07, 6.45) is 0. The van der Waals surface area contributed by atoms with E-state index in [4.69, 9.17) is 11.6 Å². The maximum atomic E-state index is 13.4. The van der Waals surface area contributed by atoms with Gasteiger partial charge in [0.1, 0.15) is 11.6 Å². The third kappa shape index (κ3) is 2.58. The van der Waals surface area contributed by atoms with Crippen LogP contribution in [0.3, 0.4) is 0 Å². The number of nitrogens with zero attached hydrogens (tertiary/aromatic N) is 2. The third-order valence-electron chi connectivity index (χ3n) is 3.40. The number of aromatic nitrogens is 2. The molecule has 1 aromatic heterocycles. The van der Waals surface area contributed by atoms with Crippen LogP contribution in [0.25, 0.3) is 16.7 Å². The molecule has 3 rings (SSSR count). The molecule has 1 heterocycles. The van der Waals surface area contributed by atoms with Crippen molar-refractivity contribution in [2.24, 2.45) is 0 Å². The molecule has 1 unspecified atom stereocenters. The molecule has 2 nitrogen and oxygen atoms in total. The lowest BCUT2D eigenvalue weighted by molar-refractivity contribution is 0.626. The number of imidazole rings is 1. The topological polar surface area (TPSA) is 17.8 Å². The van der Waals surface area contributed by atoms with Crippen molar-refractivity contribution in [3.05, 3.63) is 58.1 Å². The van der Waals surface area contributed by atoms with Crippen LogP contribution in [0.1, 0.15) is 23.7 Å². The van der Waals surface area contributed by atoms with Gasteiger partial charge in [-0.25, -0.2) is 9.37 Å². The van der Waals surface area contributed by atoms with Gasteiger partial charge in [-0.05, 0) is 55.8 Å². The van der Waals surface area contributed by atoms with E-state index in [0.717, 1.165) is 32.6 Å². The molecule has 0 aliphatic heterocycles. The molecule has 0 saturated heterocycles. The summed E-state index contributed by atoms with van der Waals surface area (Å²) in [5, 5.41) is -0.249. The molecular formula is C16H13BrClFN2. The Bertz CT molecular complexity index is 827. The lowest BCUT2D eigenvalue weighted by Crippen LogP contribution is -2.04. The predicted molar refractivity (Wildman–Crippen MR) is 87.7 cm³/mol. The Morgan fingerprint density at radius 3 is 2.67 bits per heavy atom. The highest BCUT2D eigenvalue weighted by atomic mass is 79.9. The average Bonchev–Trinajstić information content (AvgIpc) is 2.77. The van der Waals surface area contributed by atoms with Crippen molar-refractivity contribution in [1.29, 1.82) is 0 Å². The maximum absolute atomic E-state index is 13.4. The summed E-state index contributed by atoms with van der Waals surface area (Å²) < 4.78 is 16.3. The van der Waals surface area contributed by atoms with Gasteiger partial charge in [-0.1, -0.05) is 15.9 Å². The second-order valence-corrected chi connectivity index (χ2v) is 6.56. The van der Waals surface area contributed by atoms with Crippen molar-refractivity contribution in [2.45, 2.75) is 19.2 Å². The second-order valence-electron chi connectivity index (χ2n) is 4.99. The molecule has 108 valence electrons. The standard InChI is InChI=1S/C16H13BrClFN2/c1-9-7-12(19)4-6-14(9)21-15-8-11(17)3-5-13(15)20-16(21)10(2)18/h3-8,10H,1-2H3. The summed E-state index contributed by atoms with van der Waals surface area (Å²) in [4.78, 5) is 4.61. The van der Waals surface area contributed by atoms with Crippen LogP contribution in [0.15, 0.2) is 40.9 Å². The molecule has 2 aromatic carbocycles. The highest BCUT2D eigenvalue weighted by Crippen LogP contribution is 2.31. The summed E-state index contributed by atoms with van der Waals surface area (Å²) in [5.74, 6) is 0.502. The molecule has 1 atom stereocenters. The summed E-state index contributed by atoms with van der Waals surface area (Å²) in [7, 11) is 0. The lowest BCUT2D eigenvalue weighted by atomic mass is 10.2. The fourth-order valence-electron chi connectivity index (χ4n) is 2.46. The first kappa shape index (κ1) is 14.5. The van der Waals surface area contributed by atoms with Gasteiger partial charge in [0.25, 0.3) is 0 Å². The van der Waals surface area contributed by atoms with Gasteiger partial charge in [-0.15, -0.1) is 11.6 Å². The van der Waals surface area contributed by atoms with Crippen molar-refractivity contribution < 1.29 is 4.39 Å². The number of alkyl halides is 1. The van der Waals surface area contributed by atoms with E-state index in [1.165, 1.54) is 12.1 Å². The Labute approximate surface area is 135 Å². The van der Waals surface area contributed by atoms with Crippen molar-refractivity contribution in [3.8, 4) is 5.69 Å². The molecule has 0 bridgehead atoms. The number of hydrogen-bond acceptors (Lipinski definition) is 1. The molecule has 3 aromatic rings. The Morgan fingerprint density at radius 1 is 1.24 bits per heavy atom. The van der Waals surface area contributed by atoms with Crippen LogP contribution < -0.4 is 0 Å². The monoisotopic (exact) mass is 366 g/mol. The van der Waals surface area contributed by atoms with Gasteiger partial charge in [0.15, 0.2) is 0 Å². The van der Waals surface area contributed by atoms with Gasteiger partial charge >= 0.3 is 0 Å². The van der Waals surface area contributed by atoms with Crippen LogP contribution >= 0.6 is 27.5 Å². The average molecular weight is 368 g/mol.